The van der Waals surface area contributed by atoms with Crippen LogP contribution in [0.15, 0.2) is 47.4 Å². The van der Waals surface area contributed by atoms with E-state index in [0.29, 0.717) is 24.2 Å². The van der Waals surface area contributed by atoms with E-state index >= 15 is 0 Å². The molecule has 5 nitrogen and oxygen atoms in total. The average Bonchev–Trinajstić information content (AvgIpc) is 2.60. The molecule has 0 aromatic heterocycles. The summed E-state index contributed by atoms with van der Waals surface area (Å²) >= 11 is 0. The summed E-state index contributed by atoms with van der Waals surface area (Å²) < 4.78 is 32.9. The van der Waals surface area contributed by atoms with Gasteiger partial charge >= 0.3 is 0 Å². The molecule has 1 atom stereocenters. The van der Waals surface area contributed by atoms with Gasteiger partial charge in [0.1, 0.15) is 5.75 Å². The first kappa shape index (κ1) is 17.9. The van der Waals surface area contributed by atoms with Gasteiger partial charge in [-0.05, 0) is 54.7 Å². The van der Waals surface area contributed by atoms with Gasteiger partial charge in [0, 0.05) is 13.0 Å². The van der Waals surface area contributed by atoms with Crippen LogP contribution in [0, 0.1) is 6.92 Å². The van der Waals surface area contributed by atoms with Crippen LogP contribution in [0.1, 0.15) is 23.1 Å². The normalized spacial score (nSPS) is 20.1. The fourth-order valence-electron chi connectivity index (χ4n) is 3.29. The second kappa shape index (κ2) is 6.78. The number of ether oxygens (including phenoxy) is 1. The maximum atomic E-state index is 12.6. The predicted octanol–water partition coefficient (Wildman–Crippen LogP) is 2.20. The quantitative estimate of drug-likeness (QED) is 0.856. The van der Waals surface area contributed by atoms with E-state index in [-0.39, 0.29) is 11.4 Å². The lowest BCUT2D eigenvalue weighted by molar-refractivity contribution is 0.0317. The first-order valence-corrected chi connectivity index (χ1v) is 9.75. The van der Waals surface area contributed by atoms with Crippen molar-refractivity contribution in [2.75, 3.05) is 13.7 Å². The van der Waals surface area contributed by atoms with Crippen molar-refractivity contribution in [3.05, 3.63) is 59.2 Å². The number of rotatable bonds is 5. The molecule has 0 radical (unpaired) electrons. The zero-order chi connectivity index (χ0) is 18.1. The van der Waals surface area contributed by atoms with Crippen molar-refractivity contribution in [1.82, 2.24) is 4.72 Å². The molecule has 0 unspecified atom stereocenters. The zero-order valence-corrected chi connectivity index (χ0v) is 15.3. The summed E-state index contributed by atoms with van der Waals surface area (Å²) in [7, 11) is -2.16. The van der Waals surface area contributed by atoms with Gasteiger partial charge in [-0.3, -0.25) is 0 Å². The van der Waals surface area contributed by atoms with E-state index in [1.165, 1.54) is 18.7 Å². The molecule has 2 aromatic carbocycles. The van der Waals surface area contributed by atoms with Gasteiger partial charge in [0.05, 0.1) is 17.6 Å². The lowest BCUT2D eigenvalue weighted by Gasteiger charge is -2.33. The minimum atomic E-state index is -3.70. The molecule has 0 bridgehead atoms. The summed E-state index contributed by atoms with van der Waals surface area (Å²) in [5.41, 5.74) is 1.84. The third-order valence-corrected chi connectivity index (χ3v) is 6.32. The molecule has 2 aromatic rings. The van der Waals surface area contributed by atoms with Crippen LogP contribution in [-0.4, -0.2) is 32.8 Å². The highest BCUT2D eigenvalue weighted by molar-refractivity contribution is 7.89. The summed E-state index contributed by atoms with van der Waals surface area (Å²) in [5.74, 6) is 0.610. The molecular weight excluding hydrogens is 338 g/mol. The SMILES string of the molecule is COc1ccc(S(=O)(=O)NC[C@]2(O)CCc3ccccc3C2)c(C)c1. The summed E-state index contributed by atoms with van der Waals surface area (Å²) in [4.78, 5) is 0.202. The highest BCUT2D eigenvalue weighted by Crippen LogP contribution is 2.29. The molecule has 0 fully saturated rings. The van der Waals surface area contributed by atoms with E-state index in [9.17, 15) is 13.5 Å². The van der Waals surface area contributed by atoms with Gasteiger partial charge < -0.3 is 9.84 Å². The zero-order valence-electron chi connectivity index (χ0n) is 14.5. The molecule has 0 aliphatic heterocycles. The van der Waals surface area contributed by atoms with Crippen LogP contribution in [0.5, 0.6) is 5.75 Å². The number of aryl methyl sites for hydroxylation is 2. The molecule has 1 aliphatic rings. The second-order valence-corrected chi connectivity index (χ2v) is 8.36. The van der Waals surface area contributed by atoms with Crippen molar-refractivity contribution >= 4 is 10.0 Å². The average molecular weight is 361 g/mol. The minimum Gasteiger partial charge on any atom is -0.497 e. The Kier molecular flexibility index (Phi) is 4.86. The van der Waals surface area contributed by atoms with Crippen LogP contribution < -0.4 is 9.46 Å². The Labute approximate surface area is 148 Å². The summed E-state index contributed by atoms with van der Waals surface area (Å²) in [5, 5.41) is 10.8. The van der Waals surface area contributed by atoms with E-state index in [1.807, 2.05) is 18.2 Å². The fraction of sp³-hybridized carbons (Fsp3) is 0.368. The Morgan fingerprint density at radius 1 is 1.20 bits per heavy atom. The molecule has 0 saturated carbocycles. The van der Waals surface area contributed by atoms with Crippen molar-refractivity contribution in [3.63, 3.8) is 0 Å². The molecular formula is C19H23NO4S. The van der Waals surface area contributed by atoms with E-state index in [2.05, 4.69) is 10.8 Å². The number of fused-ring (bicyclic) bond motifs is 1. The molecule has 134 valence electrons. The Bertz CT molecular complexity index is 879. The summed E-state index contributed by atoms with van der Waals surface area (Å²) in [6.07, 6.45) is 1.73. The molecule has 3 rings (SSSR count). The molecule has 0 amide bonds. The van der Waals surface area contributed by atoms with E-state index < -0.39 is 15.6 Å². The third-order valence-electron chi connectivity index (χ3n) is 4.76. The maximum absolute atomic E-state index is 12.6. The number of methoxy groups -OCH3 is 1. The third kappa shape index (κ3) is 3.86. The molecule has 0 saturated heterocycles. The smallest absolute Gasteiger partial charge is 0.240 e. The monoisotopic (exact) mass is 361 g/mol. The van der Waals surface area contributed by atoms with Crippen molar-refractivity contribution < 1.29 is 18.3 Å². The molecule has 25 heavy (non-hydrogen) atoms. The Morgan fingerprint density at radius 3 is 2.60 bits per heavy atom. The van der Waals surface area contributed by atoms with Crippen LogP contribution in [-0.2, 0) is 22.9 Å². The van der Waals surface area contributed by atoms with Crippen molar-refractivity contribution in [2.45, 2.75) is 36.7 Å². The molecule has 1 aliphatic carbocycles. The highest BCUT2D eigenvalue weighted by Gasteiger charge is 2.33. The van der Waals surface area contributed by atoms with Crippen LogP contribution in [0.4, 0.5) is 0 Å². The molecule has 2 N–H and O–H groups in total. The van der Waals surface area contributed by atoms with E-state index in [0.717, 1.165) is 12.0 Å². The molecule has 0 heterocycles. The van der Waals surface area contributed by atoms with Gasteiger partial charge in [0.2, 0.25) is 10.0 Å². The van der Waals surface area contributed by atoms with E-state index in [1.54, 1.807) is 19.1 Å². The lowest BCUT2D eigenvalue weighted by atomic mass is 9.80. The predicted molar refractivity (Wildman–Crippen MR) is 96.3 cm³/mol. The fourth-order valence-corrected chi connectivity index (χ4v) is 4.64. The Hall–Kier alpha value is -1.89. The summed E-state index contributed by atoms with van der Waals surface area (Å²) in [6, 6.07) is 12.8. The first-order chi connectivity index (χ1) is 11.8. The number of nitrogens with one attached hydrogen (secondary N) is 1. The minimum absolute atomic E-state index is 0.00482. The largest absolute Gasteiger partial charge is 0.497 e. The van der Waals surface area contributed by atoms with Gasteiger partial charge in [-0.2, -0.15) is 0 Å². The number of hydrogen-bond donors (Lipinski definition) is 2. The van der Waals surface area contributed by atoms with Gasteiger partial charge in [0.25, 0.3) is 0 Å². The first-order valence-electron chi connectivity index (χ1n) is 8.26. The van der Waals surface area contributed by atoms with Crippen LogP contribution in [0.2, 0.25) is 0 Å². The van der Waals surface area contributed by atoms with Gasteiger partial charge in [-0.15, -0.1) is 0 Å². The Morgan fingerprint density at radius 2 is 1.92 bits per heavy atom. The van der Waals surface area contributed by atoms with E-state index in [4.69, 9.17) is 4.74 Å². The Balaban J connectivity index is 1.74. The standard InChI is InChI=1S/C19H23NO4S/c1-14-11-17(24-2)7-8-18(14)25(22,23)20-13-19(21)10-9-15-5-3-4-6-16(15)12-19/h3-8,11,20-21H,9-10,12-13H2,1-2H3/t19-/m0/s1. The van der Waals surface area contributed by atoms with Crippen LogP contribution >= 0.6 is 0 Å². The highest BCUT2D eigenvalue weighted by atomic mass is 32.2. The number of benzene rings is 2. The van der Waals surface area contributed by atoms with Crippen molar-refractivity contribution in [3.8, 4) is 5.75 Å². The van der Waals surface area contributed by atoms with Crippen LogP contribution in [0.3, 0.4) is 0 Å². The second-order valence-electron chi connectivity index (χ2n) is 6.63. The molecule has 0 spiro atoms. The maximum Gasteiger partial charge on any atom is 0.240 e. The van der Waals surface area contributed by atoms with Crippen LogP contribution in [0.25, 0.3) is 0 Å². The summed E-state index contributed by atoms with van der Waals surface area (Å²) in [6.45, 7) is 1.72. The number of sulfonamides is 1. The van der Waals surface area contributed by atoms with Crippen molar-refractivity contribution in [1.29, 1.82) is 0 Å². The molecule has 6 heteroatoms. The number of hydrogen-bond acceptors (Lipinski definition) is 4. The van der Waals surface area contributed by atoms with Gasteiger partial charge in [-0.1, -0.05) is 24.3 Å². The van der Waals surface area contributed by atoms with Crippen molar-refractivity contribution in [2.24, 2.45) is 0 Å². The number of aliphatic hydroxyl groups is 1. The van der Waals surface area contributed by atoms with Gasteiger partial charge in [0.15, 0.2) is 0 Å². The lowest BCUT2D eigenvalue weighted by Crippen LogP contribution is -2.46. The van der Waals surface area contributed by atoms with Gasteiger partial charge in [-0.25, -0.2) is 13.1 Å². The topological polar surface area (TPSA) is 75.6 Å².